The summed E-state index contributed by atoms with van der Waals surface area (Å²) < 4.78 is 7.32. The first kappa shape index (κ1) is 16.7. The molecule has 1 aromatic heterocycles. The molecule has 0 unspecified atom stereocenters. The second-order valence-electron chi connectivity index (χ2n) is 5.62. The molecular weight excluding hydrogens is 330 g/mol. The lowest BCUT2D eigenvalue weighted by atomic mass is 10.1. The van der Waals surface area contributed by atoms with Crippen molar-refractivity contribution in [3.8, 4) is 5.75 Å². The van der Waals surface area contributed by atoms with Crippen molar-refractivity contribution in [2.24, 2.45) is 0 Å². The van der Waals surface area contributed by atoms with E-state index in [2.05, 4.69) is 20.9 Å². The Balaban J connectivity index is 1.43. The van der Waals surface area contributed by atoms with Gasteiger partial charge in [-0.2, -0.15) is 0 Å². The van der Waals surface area contributed by atoms with E-state index in [0.717, 1.165) is 25.9 Å². The van der Waals surface area contributed by atoms with Crippen molar-refractivity contribution >= 4 is 17.5 Å². The van der Waals surface area contributed by atoms with E-state index in [0.29, 0.717) is 35.7 Å². The maximum Gasteiger partial charge on any atom is 0.273 e. The summed E-state index contributed by atoms with van der Waals surface area (Å²) >= 11 is 5.81. The van der Waals surface area contributed by atoms with Gasteiger partial charge in [-0.05, 0) is 50.2 Å². The van der Waals surface area contributed by atoms with Crippen LogP contribution in [-0.4, -0.2) is 47.1 Å². The number of rotatable bonds is 6. The van der Waals surface area contributed by atoms with E-state index in [9.17, 15) is 4.79 Å². The fourth-order valence-corrected chi connectivity index (χ4v) is 2.71. The van der Waals surface area contributed by atoms with Crippen LogP contribution in [0, 0.1) is 0 Å². The van der Waals surface area contributed by atoms with Gasteiger partial charge in [-0.1, -0.05) is 16.8 Å². The molecule has 1 amide bonds. The molecule has 1 aliphatic rings. The van der Waals surface area contributed by atoms with Crippen LogP contribution in [0.15, 0.2) is 30.5 Å². The van der Waals surface area contributed by atoms with E-state index in [1.54, 1.807) is 35.1 Å². The number of carbonyl (C=O) groups is 1. The quantitative estimate of drug-likeness (QED) is 0.775. The minimum absolute atomic E-state index is 0.241. The largest absolute Gasteiger partial charge is 0.492 e. The van der Waals surface area contributed by atoms with Gasteiger partial charge in [0.05, 0.1) is 18.8 Å². The van der Waals surface area contributed by atoms with Crippen molar-refractivity contribution in [3.63, 3.8) is 0 Å². The highest BCUT2D eigenvalue weighted by atomic mass is 35.5. The predicted molar refractivity (Wildman–Crippen MR) is 90.4 cm³/mol. The van der Waals surface area contributed by atoms with Crippen LogP contribution >= 0.6 is 11.6 Å². The van der Waals surface area contributed by atoms with Gasteiger partial charge in [0.1, 0.15) is 12.4 Å². The first-order valence-corrected chi connectivity index (χ1v) is 8.39. The summed E-state index contributed by atoms with van der Waals surface area (Å²) in [5.41, 5.74) is 0.333. The zero-order chi connectivity index (χ0) is 16.8. The van der Waals surface area contributed by atoms with Crippen molar-refractivity contribution in [3.05, 3.63) is 41.2 Å². The lowest BCUT2D eigenvalue weighted by Crippen LogP contribution is -2.30. The molecule has 1 fully saturated rings. The van der Waals surface area contributed by atoms with Gasteiger partial charge in [0.15, 0.2) is 5.69 Å². The standard InChI is InChI=1S/C16H20ClN5O2/c17-12-1-3-14(4-2-12)24-10-9-19-16(23)15-11-22(21-20-15)13-5-7-18-8-6-13/h1-4,11,13,18H,5-10H2,(H,19,23). The zero-order valence-electron chi connectivity index (χ0n) is 13.2. The fraction of sp³-hybridized carbons (Fsp3) is 0.438. The molecule has 0 spiro atoms. The molecule has 0 bridgehead atoms. The molecule has 2 heterocycles. The molecule has 0 atom stereocenters. The SMILES string of the molecule is O=C(NCCOc1ccc(Cl)cc1)c1cn(C2CCNCC2)nn1. The summed E-state index contributed by atoms with van der Waals surface area (Å²) in [7, 11) is 0. The molecule has 1 aromatic carbocycles. The number of piperidine rings is 1. The van der Waals surface area contributed by atoms with Crippen LogP contribution in [0.1, 0.15) is 29.4 Å². The Hall–Kier alpha value is -2.12. The van der Waals surface area contributed by atoms with E-state index < -0.39 is 0 Å². The number of benzene rings is 1. The Morgan fingerprint density at radius 1 is 1.33 bits per heavy atom. The highest BCUT2D eigenvalue weighted by Gasteiger charge is 2.18. The van der Waals surface area contributed by atoms with Gasteiger partial charge in [0.2, 0.25) is 0 Å². The van der Waals surface area contributed by atoms with Crippen LogP contribution in [0.25, 0.3) is 0 Å². The molecule has 2 aromatic rings. The highest BCUT2D eigenvalue weighted by molar-refractivity contribution is 6.30. The number of nitrogens with one attached hydrogen (secondary N) is 2. The van der Waals surface area contributed by atoms with Gasteiger partial charge in [-0.15, -0.1) is 5.10 Å². The molecule has 7 nitrogen and oxygen atoms in total. The van der Waals surface area contributed by atoms with Crippen molar-refractivity contribution in [2.75, 3.05) is 26.2 Å². The maximum atomic E-state index is 12.1. The average molecular weight is 350 g/mol. The van der Waals surface area contributed by atoms with Crippen LogP contribution in [0.3, 0.4) is 0 Å². The average Bonchev–Trinajstić information content (AvgIpc) is 3.11. The highest BCUT2D eigenvalue weighted by Crippen LogP contribution is 2.17. The van der Waals surface area contributed by atoms with Gasteiger partial charge in [0, 0.05) is 5.02 Å². The summed E-state index contributed by atoms with van der Waals surface area (Å²) in [4.78, 5) is 12.1. The minimum atomic E-state index is -0.241. The lowest BCUT2D eigenvalue weighted by Gasteiger charge is -2.22. The summed E-state index contributed by atoms with van der Waals surface area (Å²) in [6.45, 7) is 2.69. The first-order chi connectivity index (χ1) is 11.7. The normalized spacial score (nSPS) is 15.2. The number of carbonyl (C=O) groups excluding carboxylic acids is 1. The zero-order valence-corrected chi connectivity index (χ0v) is 14.0. The number of aromatic nitrogens is 3. The monoisotopic (exact) mass is 349 g/mol. The van der Waals surface area contributed by atoms with Crippen molar-refractivity contribution in [1.29, 1.82) is 0 Å². The molecule has 128 valence electrons. The number of hydrogen-bond acceptors (Lipinski definition) is 5. The van der Waals surface area contributed by atoms with Gasteiger partial charge in [-0.25, -0.2) is 4.68 Å². The summed E-state index contributed by atoms with van der Waals surface area (Å²) in [6.07, 6.45) is 3.71. The number of hydrogen-bond donors (Lipinski definition) is 2. The number of nitrogens with zero attached hydrogens (tertiary/aromatic N) is 3. The Morgan fingerprint density at radius 3 is 2.83 bits per heavy atom. The van der Waals surface area contributed by atoms with E-state index in [1.807, 2.05) is 0 Å². The first-order valence-electron chi connectivity index (χ1n) is 8.01. The second kappa shape index (κ2) is 8.12. The second-order valence-corrected chi connectivity index (χ2v) is 6.06. The maximum absolute atomic E-state index is 12.1. The van der Waals surface area contributed by atoms with Crippen LogP contribution in [-0.2, 0) is 0 Å². The summed E-state index contributed by atoms with van der Waals surface area (Å²) in [5, 5.41) is 14.8. The Bertz CT molecular complexity index is 667. The van der Waals surface area contributed by atoms with Gasteiger partial charge in [-0.3, -0.25) is 4.79 Å². The lowest BCUT2D eigenvalue weighted by molar-refractivity contribution is 0.0942. The van der Waals surface area contributed by atoms with Crippen LogP contribution < -0.4 is 15.4 Å². The van der Waals surface area contributed by atoms with Gasteiger partial charge in [0.25, 0.3) is 5.91 Å². The fourth-order valence-electron chi connectivity index (χ4n) is 2.59. The summed E-state index contributed by atoms with van der Waals surface area (Å²) in [6, 6.07) is 7.40. The van der Waals surface area contributed by atoms with E-state index in [4.69, 9.17) is 16.3 Å². The molecule has 24 heavy (non-hydrogen) atoms. The minimum Gasteiger partial charge on any atom is -0.492 e. The molecule has 3 rings (SSSR count). The molecule has 0 aliphatic carbocycles. The molecule has 0 radical (unpaired) electrons. The number of halogens is 1. The molecular formula is C16H20ClN5O2. The predicted octanol–water partition coefficient (Wildman–Crippen LogP) is 1.66. The third-order valence-electron chi connectivity index (χ3n) is 3.90. The molecule has 0 saturated carbocycles. The van der Waals surface area contributed by atoms with E-state index in [1.165, 1.54) is 0 Å². The summed E-state index contributed by atoms with van der Waals surface area (Å²) in [5.74, 6) is 0.473. The van der Waals surface area contributed by atoms with Crippen LogP contribution in [0.4, 0.5) is 0 Å². The molecule has 2 N–H and O–H groups in total. The van der Waals surface area contributed by atoms with Crippen molar-refractivity contribution in [1.82, 2.24) is 25.6 Å². The van der Waals surface area contributed by atoms with E-state index in [-0.39, 0.29) is 5.91 Å². The van der Waals surface area contributed by atoms with Crippen LogP contribution in [0.2, 0.25) is 5.02 Å². The number of ether oxygens (including phenoxy) is 1. The third-order valence-corrected chi connectivity index (χ3v) is 4.15. The Kier molecular flexibility index (Phi) is 5.66. The third kappa shape index (κ3) is 4.46. The Labute approximate surface area is 145 Å². The van der Waals surface area contributed by atoms with E-state index >= 15 is 0 Å². The van der Waals surface area contributed by atoms with Gasteiger partial charge >= 0.3 is 0 Å². The Morgan fingerprint density at radius 2 is 2.08 bits per heavy atom. The molecule has 1 saturated heterocycles. The van der Waals surface area contributed by atoms with Crippen molar-refractivity contribution in [2.45, 2.75) is 18.9 Å². The smallest absolute Gasteiger partial charge is 0.273 e. The topological polar surface area (TPSA) is 81.1 Å². The van der Waals surface area contributed by atoms with Gasteiger partial charge < -0.3 is 15.4 Å². The number of amides is 1. The molecule has 1 aliphatic heterocycles. The molecule has 8 heteroatoms. The van der Waals surface area contributed by atoms with Crippen LogP contribution in [0.5, 0.6) is 5.75 Å². The van der Waals surface area contributed by atoms with Crippen molar-refractivity contribution < 1.29 is 9.53 Å².